The van der Waals surface area contributed by atoms with Gasteiger partial charge in [0.2, 0.25) is 0 Å². The van der Waals surface area contributed by atoms with Crippen LogP contribution in [0.3, 0.4) is 0 Å². The van der Waals surface area contributed by atoms with E-state index in [4.69, 9.17) is 4.62 Å². The third kappa shape index (κ3) is 5.04. The Labute approximate surface area is 231 Å². The molecule has 0 spiro atoms. The number of phenols is 1. The number of rotatable bonds is 7. The molecule has 0 unspecified atom stereocenters. The van der Waals surface area contributed by atoms with E-state index in [1.54, 1.807) is 0 Å². The van der Waals surface area contributed by atoms with Gasteiger partial charge in [-0.15, -0.1) is 0 Å². The van der Waals surface area contributed by atoms with Gasteiger partial charge in [0, 0.05) is 0 Å². The van der Waals surface area contributed by atoms with Crippen molar-refractivity contribution in [2.45, 2.75) is 58.5 Å². The Morgan fingerprint density at radius 2 is 1.03 bits per heavy atom. The predicted octanol–water partition coefficient (Wildman–Crippen LogP) is 7.14. The molecular formula is C33H38NO4P. The Hall–Kier alpha value is -3.69. The minimum absolute atomic E-state index is 0.247. The summed E-state index contributed by atoms with van der Waals surface area (Å²) in [6.07, 6.45) is 0.247. The Bertz CT molecular complexity index is 1320. The van der Waals surface area contributed by atoms with Crippen LogP contribution in [0.5, 0.6) is 5.75 Å². The molecule has 0 amide bonds. The van der Waals surface area contributed by atoms with E-state index in [2.05, 4.69) is 41.5 Å². The van der Waals surface area contributed by atoms with E-state index in [-0.39, 0.29) is 22.7 Å². The first-order chi connectivity index (χ1) is 18.3. The Kier molecular flexibility index (Phi) is 7.35. The van der Waals surface area contributed by atoms with Gasteiger partial charge in [0.25, 0.3) is 0 Å². The summed E-state index contributed by atoms with van der Waals surface area (Å²) in [7, 11) is 0. The molecule has 5 nitrogen and oxygen atoms in total. The van der Waals surface area contributed by atoms with Gasteiger partial charge >= 0.3 is 232 Å². The quantitative estimate of drug-likeness (QED) is 0.153. The normalized spacial score (nSPS) is 13.3. The van der Waals surface area contributed by atoms with Gasteiger partial charge in [-0.2, -0.15) is 0 Å². The van der Waals surface area contributed by atoms with Crippen LogP contribution in [-0.4, -0.2) is 10.2 Å². The topological polar surface area (TPSA) is 72.6 Å². The summed E-state index contributed by atoms with van der Waals surface area (Å²) in [6.45, 7) is 8.13. The molecule has 4 aromatic carbocycles. The monoisotopic (exact) mass is 543 g/mol. The molecule has 0 aromatic heterocycles. The zero-order chi connectivity index (χ0) is 28.5. The van der Waals surface area contributed by atoms with Crippen molar-refractivity contribution >= 4 is 22.7 Å². The summed E-state index contributed by atoms with van der Waals surface area (Å²) in [5.74, 6) is 0.272. The molecule has 0 bridgehead atoms. The third-order valence-corrected chi connectivity index (χ3v) is 13.1. The van der Waals surface area contributed by atoms with Crippen LogP contribution in [0.15, 0.2) is 103 Å². The summed E-state index contributed by atoms with van der Waals surface area (Å²) in [4.78, 5) is 12.6. The number of phenolic OH excluding ortho intramolecular Hbond substituents is 1. The van der Waals surface area contributed by atoms with Crippen LogP contribution < -0.4 is 15.9 Å². The number of hydrogen-bond acceptors (Lipinski definition) is 4. The van der Waals surface area contributed by atoms with E-state index in [9.17, 15) is 15.2 Å². The van der Waals surface area contributed by atoms with Gasteiger partial charge in [-0.05, 0) is 0 Å². The van der Waals surface area contributed by atoms with Crippen LogP contribution in [0, 0.1) is 10.1 Å². The maximum absolute atomic E-state index is 12.6. The Balaban J connectivity index is 2.22. The number of aromatic hydroxyl groups is 1. The van der Waals surface area contributed by atoms with Crippen molar-refractivity contribution in [3.8, 4) is 5.75 Å². The summed E-state index contributed by atoms with van der Waals surface area (Å²) >= 11 is 0. The molecule has 0 saturated heterocycles. The van der Waals surface area contributed by atoms with Crippen molar-refractivity contribution < 1.29 is 14.8 Å². The van der Waals surface area contributed by atoms with Crippen LogP contribution in [0.25, 0.3) is 0 Å². The van der Waals surface area contributed by atoms with E-state index in [1.165, 1.54) is 0 Å². The summed E-state index contributed by atoms with van der Waals surface area (Å²) in [5, 5.41) is 25.7. The van der Waals surface area contributed by atoms with Crippen molar-refractivity contribution in [2.75, 3.05) is 0 Å². The van der Waals surface area contributed by atoms with Gasteiger partial charge in [0.05, 0.1) is 0 Å². The average Bonchev–Trinajstić information content (AvgIpc) is 2.89. The van der Waals surface area contributed by atoms with Crippen molar-refractivity contribution in [1.29, 1.82) is 0 Å². The standard InChI is InChI=1S/C33H38NO4P/c1-32(2,3)29-22-25(23-30(31(29)35)33(4,5)6)24-39(38-34(36)37,26-16-10-7-11-17-26,27-18-12-8-13-19-27)28-20-14-9-15-21-28/h7-23,35H,24H2,1-6H3. The molecule has 0 fully saturated rings. The molecule has 6 heteroatoms. The van der Waals surface area contributed by atoms with Gasteiger partial charge in [-0.3, -0.25) is 0 Å². The molecule has 1 N–H and O–H groups in total. The number of hydrogen-bond donors (Lipinski definition) is 1. The first-order valence-corrected chi connectivity index (χ1v) is 15.5. The molecule has 204 valence electrons. The van der Waals surface area contributed by atoms with Gasteiger partial charge in [0.15, 0.2) is 0 Å². The van der Waals surface area contributed by atoms with Crippen LogP contribution in [0.4, 0.5) is 0 Å². The van der Waals surface area contributed by atoms with Gasteiger partial charge < -0.3 is 0 Å². The van der Waals surface area contributed by atoms with E-state index < -0.39 is 11.9 Å². The fourth-order valence-corrected chi connectivity index (χ4v) is 10.9. The third-order valence-electron chi connectivity index (χ3n) is 7.42. The molecule has 0 saturated carbocycles. The average molecular weight is 544 g/mol. The fraction of sp³-hybridized carbons (Fsp3) is 0.273. The van der Waals surface area contributed by atoms with Crippen molar-refractivity contribution in [3.05, 3.63) is 130 Å². The van der Waals surface area contributed by atoms with Crippen molar-refractivity contribution in [2.24, 2.45) is 0 Å². The van der Waals surface area contributed by atoms with E-state index >= 15 is 0 Å². The van der Waals surface area contributed by atoms with Crippen molar-refractivity contribution in [3.63, 3.8) is 0 Å². The van der Waals surface area contributed by atoms with Gasteiger partial charge in [-0.1, -0.05) is 0 Å². The Morgan fingerprint density at radius 3 is 1.31 bits per heavy atom. The van der Waals surface area contributed by atoms with Gasteiger partial charge in [-0.25, -0.2) is 0 Å². The summed E-state index contributed by atoms with van der Waals surface area (Å²) < 4.78 is 6.26. The second-order valence-electron chi connectivity index (χ2n) is 12.2. The first-order valence-electron chi connectivity index (χ1n) is 13.2. The van der Waals surface area contributed by atoms with E-state index in [0.29, 0.717) is 0 Å². The van der Waals surface area contributed by atoms with Gasteiger partial charge in [0.1, 0.15) is 0 Å². The zero-order valence-corrected chi connectivity index (χ0v) is 24.5. The fourth-order valence-electron chi connectivity index (χ4n) is 5.55. The molecule has 0 aliphatic rings. The van der Waals surface area contributed by atoms with Crippen LogP contribution >= 0.6 is 6.83 Å². The molecule has 0 aliphatic heterocycles. The van der Waals surface area contributed by atoms with Crippen molar-refractivity contribution in [1.82, 2.24) is 0 Å². The molecule has 0 atom stereocenters. The number of nitrogens with zero attached hydrogens (tertiary/aromatic N) is 1. The molecule has 0 heterocycles. The second kappa shape index (κ2) is 10.1. The molecule has 0 aliphatic carbocycles. The molecule has 39 heavy (non-hydrogen) atoms. The number of benzene rings is 4. The first kappa shape index (κ1) is 28.3. The summed E-state index contributed by atoms with van der Waals surface area (Å²) in [5.41, 5.74) is 1.77. The molecule has 4 aromatic rings. The predicted molar refractivity (Wildman–Crippen MR) is 162 cm³/mol. The second-order valence-corrected chi connectivity index (χ2v) is 16.7. The SMILES string of the molecule is CC(C)(C)c1cc(CP(O[N+](=O)[O-])(c2ccccc2)(c2ccccc2)c2ccccc2)cc(C(C)(C)C)c1O. The molecule has 4 rings (SSSR count). The van der Waals surface area contributed by atoms with Crippen LogP contribution in [0.2, 0.25) is 0 Å². The molecule has 0 radical (unpaired) electrons. The van der Waals surface area contributed by atoms with Crippen LogP contribution in [0.1, 0.15) is 58.2 Å². The maximum atomic E-state index is 12.6. The molecular weight excluding hydrogens is 505 g/mol. The van der Waals surface area contributed by atoms with E-state index in [1.807, 2.05) is 103 Å². The Morgan fingerprint density at radius 1 is 0.692 bits per heavy atom. The van der Waals surface area contributed by atoms with Crippen LogP contribution in [-0.2, 0) is 21.6 Å². The minimum atomic E-state index is -4.27. The zero-order valence-electron chi connectivity index (χ0n) is 23.6. The van der Waals surface area contributed by atoms with E-state index in [0.717, 1.165) is 32.6 Å². The summed E-state index contributed by atoms with van der Waals surface area (Å²) in [6, 6.07) is 32.8.